The van der Waals surface area contributed by atoms with Crippen molar-refractivity contribution < 1.29 is 9.53 Å². The maximum Gasteiger partial charge on any atom is 0.410 e. The van der Waals surface area contributed by atoms with E-state index >= 15 is 0 Å². The summed E-state index contributed by atoms with van der Waals surface area (Å²) < 4.78 is 5.15. The van der Waals surface area contributed by atoms with Crippen LogP contribution in [0.25, 0.3) is 0 Å². The van der Waals surface area contributed by atoms with E-state index in [9.17, 15) is 4.79 Å². The molecule has 4 nitrogen and oxygen atoms in total. The zero-order chi connectivity index (χ0) is 10.2. The monoisotopic (exact) mass is 198 g/mol. The Balaban J connectivity index is 2.12. The molecule has 2 heterocycles. The minimum absolute atomic E-state index is 0.0403. The number of nitrogens with one attached hydrogen (secondary N) is 1. The molecule has 0 aromatic rings. The van der Waals surface area contributed by atoms with Crippen LogP contribution >= 0.6 is 0 Å². The molecule has 0 radical (unpaired) electrons. The Labute approximate surface area is 84.6 Å². The average molecular weight is 198 g/mol. The Kier molecular flexibility index (Phi) is 2.39. The third-order valence-corrected chi connectivity index (χ3v) is 3.03. The molecule has 2 fully saturated rings. The van der Waals surface area contributed by atoms with Gasteiger partial charge in [-0.1, -0.05) is 13.8 Å². The number of cyclic esters (lactones) is 1. The molecule has 14 heavy (non-hydrogen) atoms. The zero-order valence-electron chi connectivity index (χ0n) is 8.88. The SMILES string of the molecule is CC(C)CN1C(=O)OCC12CCNC2. The largest absolute Gasteiger partial charge is 0.447 e. The molecule has 1 N–H and O–H groups in total. The molecule has 0 aromatic carbocycles. The van der Waals surface area contributed by atoms with Gasteiger partial charge >= 0.3 is 6.09 Å². The van der Waals surface area contributed by atoms with Crippen molar-refractivity contribution in [2.75, 3.05) is 26.2 Å². The van der Waals surface area contributed by atoms with Crippen LogP contribution in [0.1, 0.15) is 20.3 Å². The zero-order valence-corrected chi connectivity index (χ0v) is 8.88. The van der Waals surface area contributed by atoms with Crippen LogP contribution in [-0.4, -0.2) is 42.8 Å². The van der Waals surface area contributed by atoms with Gasteiger partial charge in [0.1, 0.15) is 6.61 Å². The molecule has 2 rings (SSSR count). The quantitative estimate of drug-likeness (QED) is 0.714. The smallest absolute Gasteiger partial charge is 0.410 e. The van der Waals surface area contributed by atoms with Gasteiger partial charge in [-0.15, -0.1) is 0 Å². The van der Waals surface area contributed by atoms with Crippen molar-refractivity contribution in [2.45, 2.75) is 25.8 Å². The summed E-state index contributed by atoms with van der Waals surface area (Å²) in [7, 11) is 0. The van der Waals surface area contributed by atoms with Crippen molar-refractivity contribution in [3.63, 3.8) is 0 Å². The predicted octanol–water partition coefficient (Wildman–Crippen LogP) is 0.827. The van der Waals surface area contributed by atoms with Crippen molar-refractivity contribution in [2.24, 2.45) is 5.92 Å². The van der Waals surface area contributed by atoms with Crippen molar-refractivity contribution >= 4 is 6.09 Å². The van der Waals surface area contributed by atoms with Crippen LogP contribution in [0.5, 0.6) is 0 Å². The summed E-state index contributed by atoms with van der Waals surface area (Å²) in [4.78, 5) is 13.5. The molecule has 1 amide bonds. The second-order valence-corrected chi connectivity index (χ2v) is 4.71. The predicted molar refractivity (Wildman–Crippen MR) is 53.1 cm³/mol. The molecule has 0 saturated carbocycles. The number of hydrogen-bond donors (Lipinski definition) is 1. The van der Waals surface area contributed by atoms with Crippen LogP contribution < -0.4 is 5.32 Å². The van der Waals surface area contributed by atoms with Gasteiger partial charge in [-0.05, 0) is 18.9 Å². The maximum atomic E-state index is 11.5. The minimum atomic E-state index is -0.137. The van der Waals surface area contributed by atoms with E-state index in [1.807, 2.05) is 4.90 Å². The lowest BCUT2D eigenvalue weighted by Gasteiger charge is -2.31. The van der Waals surface area contributed by atoms with Crippen LogP contribution in [0.2, 0.25) is 0 Å². The first kappa shape index (κ1) is 9.77. The van der Waals surface area contributed by atoms with Gasteiger partial charge < -0.3 is 10.1 Å². The third-order valence-electron chi connectivity index (χ3n) is 3.03. The molecular formula is C10H18N2O2. The van der Waals surface area contributed by atoms with Gasteiger partial charge in [0.2, 0.25) is 0 Å². The summed E-state index contributed by atoms with van der Waals surface area (Å²) >= 11 is 0. The third kappa shape index (κ3) is 1.47. The van der Waals surface area contributed by atoms with E-state index in [2.05, 4.69) is 19.2 Å². The highest BCUT2D eigenvalue weighted by Crippen LogP contribution is 2.30. The van der Waals surface area contributed by atoms with Gasteiger partial charge in [-0.25, -0.2) is 4.79 Å². The summed E-state index contributed by atoms with van der Waals surface area (Å²) in [6, 6.07) is 0. The average Bonchev–Trinajstić information content (AvgIpc) is 2.69. The minimum Gasteiger partial charge on any atom is -0.447 e. The van der Waals surface area contributed by atoms with Crippen molar-refractivity contribution in [3.05, 3.63) is 0 Å². The number of carbonyl (C=O) groups is 1. The summed E-state index contributed by atoms with van der Waals surface area (Å²) in [5.74, 6) is 0.498. The number of amides is 1. The molecule has 1 unspecified atom stereocenters. The van der Waals surface area contributed by atoms with Crippen LogP contribution in [0.15, 0.2) is 0 Å². The molecule has 0 aliphatic carbocycles. The summed E-state index contributed by atoms with van der Waals surface area (Å²) in [5.41, 5.74) is -0.0403. The van der Waals surface area contributed by atoms with E-state index in [-0.39, 0.29) is 11.6 Å². The van der Waals surface area contributed by atoms with Crippen molar-refractivity contribution in [3.8, 4) is 0 Å². The highest BCUT2D eigenvalue weighted by molar-refractivity contribution is 5.71. The second kappa shape index (κ2) is 3.42. The van der Waals surface area contributed by atoms with Gasteiger partial charge in [0.05, 0.1) is 5.54 Å². The molecule has 80 valence electrons. The van der Waals surface area contributed by atoms with E-state index in [0.717, 1.165) is 26.1 Å². The van der Waals surface area contributed by atoms with E-state index < -0.39 is 0 Å². The Morgan fingerprint density at radius 1 is 1.64 bits per heavy atom. The first-order chi connectivity index (χ1) is 6.64. The van der Waals surface area contributed by atoms with E-state index in [4.69, 9.17) is 4.74 Å². The number of hydrogen-bond acceptors (Lipinski definition) is 3. The highest BCUT2D eigenvalue weighted by atomic mass is 16.6. The molecule has 2 aliphatic rings. The fourth-order valence-corrected chi connectivity index (χ4v) is 2.26. The Bertz CT molecular complexity index is 234. The lowest BCUT2D eigenvalue weighted by atomic mass is 9.97. The van der Waals surface area contributed by atoms with Crippen LogP contribution in [0.3, 0.4) is 0 Å². The molecule has 2 aliphatic heterocycles. The second-order valence-electron chi connectivity index (χ2n) is 4.71. The van der Waals surface area contributed by atoms with E-state index in [0.29, 0.717) is 12.5 Å². The fraction of sp³-hybridized carbons (Fsp3) is 0.900. The Morgan fingerprint density at radius 3 is 3.00 bits per heavy atom. The number of ether oxygens (including phenoxy) is 1. The van der Waals surface area contributed by atoms with Gasteiger partial charge in [-0.2, -0.15) is 0 Å². The Hall–Kier alpha value is -0.770. The first-order valence-electron chi connectivity index (χ1n) is 5.29. The highest BCUT2D eigenvalue weighted by Gasteiger charge is 2.48. The fourth-order valence-electron chi connectivity index (χ4n) is 2.26. The summed E-state index contributed by atoms with van der Waals surface area (Å²) in [5, 5.41) is 3.30. The molecule has 1 atom stereocenters. The number of nitrogens with zero attached hydrogens (tertiary/aromatic N) is 1. The van der Waals surface area contributed by atoms with Crippen LogP contribution in [-0.2, 0) is 4.74 Å². The molecule has 4 heteroatoms. The van der Waals surface area contributed by atoms with E-state index in [1.54, 1.807) is 0 Å². The van der Waals surface area contributed by atoms with Gasteiger partial charge in [0.15, 0.2) is 0 Å². The van der Waals surface area contributed by atoms with Crippen LogP contribution in [0.4, 0.5) is 4.79 Å². The molecule has 0 aromatic heterocycles. The van der Waals surface area contributed by atoms with Gasteiger partial charge in [-0.3, -0.25) is 4.90 Å². The van der Waals surface area contributed by atoms with Gasteiger partial charge in [0.25, 0.3) is 0 Å². The van der Waals surface area contributed by atoms with Crippen LogP contribution in [0, 0.1) is 5.92 Å². The Morgan fingerprint density at radius 2 is 2.43 bits per heavy atom. The lowest BCUT2D eigenvalue weighted by Crippen LogP contribution is -2.50. The number of carbonyl (C=O) groups excluding carboxylic acids is 1. The standard InChI is InChI=1S/C10H18N2O2/c1-8(2)5-12-9(13)14-7-10(12)3-4-11-6-10/h8,11H,3-7H2,1-2H3. The van der Waals surface area contributed by atoms with Crippen molar-refractivity contribution in [1.82, 2.24) is 10.2 Å². The molecular weight excluding hydrogens is 180 g/mol. The van der Waals surface area contributed by atoms with Gasteiger partial charge in [0, 0.05) is 13.1 Å². The first-order valence-corrected chi connectivity index (χ1v) is 5.29. The lowest BCUT2D eigenvalue weighted by molar-refractivity contribution is 0.146. The summed E-state index contributed by atoms with van der Waals surface area (Å²) in [6.07, 6.45) is 0.883. The summed E-state index contributed by atoms with van der Waals surface area (Å²) in [6.45, 7) is 7.49. The number of rotatable bonds is 2. The normalized spacial score (nSPS) is 31.9. The molecule has 0 bridgehead atoms. The maximum absolute atomic E-state index is 11.5. The topological polar surface area (TPSA) is 41.6 Å². The molecule has 1 spiro atoms. The van der Waals surface area contributed by atoms with Crippen molar-refractivity contribution in [1.29, 1.82) is 0 Å². The van der Waals surface area contributed by atoms with E-state index in [1.165, 1.54) is 0 Å². The molecule has 2 saturated heterocycles.